The number of benzene rings is 3. The number of aromatic nitrogens is 2. The summed E-state index contributed by atoms with van der Waals surface area (Å²) in [5, 5.41) is 9.88. The van der Waals surface area contributed by atoms with Gasteiger partial charge in [0.1, 0.15) is 23.1 Å². The molecule has 1 unspecified atom stereocenters. The van der Waals surface area contributed by atoms with Crippen molar-refractivity contribution in [2.24, 2.45) is 0 Å². The molecule has 0 spiro atoms. The van der Waals surface area contributed by atoms with Gasteiger partial charge in [-0.3, -0.25) is 4.90 Å². The highest BCUT2D eigenvalue weighted by molar-refractivity contribution is 5.78. The van der Waals surface area contributed by atoms with E-state index in [0.29, 0.717) is 23.2 Å². The summed E-state index contributed by atoms with van der Waals surface area (Å²) < 4.78 is 17.4. The second-order valence-electron chi connectivity index (χ2n) is 10.4. The van der Waals surface area contributed by atoms with Crippen LogP contribution in [0.2, 0.25) is 0 Å². The van der Waals surface area contributed by atoms with Crippen LogP contribution in [-0.4, -0.2) is 64.8 Å². The Labute approximate surface area is 245 Å². The monoisotopic (exact) mass is 569 g/mol. The van der Waals surface area contributed by atoms with E-state index in [1.165, 1.54) is 0 Å². The summed E-state index contributed by atoms with van der Waals surface area (Å²) in [6.45, 7) is 5.68. The molecule has 0 amide bonds. The molecule has 42 heavy (non-hydrogen) atoms. The number of hydrogen-bond acceptors (Lipinski definition) is 9. The first-order valence-electron chi connectivity index (χ1n) is 13.8. The van der Waals surface area contributed by atoms with Crippen LogP contribution < -0.4 is 24.8 Å². The second kappa shape index (κ2) is 12.8. The number of nitrogens with two attached hydrogens (primary N) is 1. The van der Waals surface area contributed by atoms with Gasteiger partial charge in [0.25, 0.3) is 0 Å². The van der Waals surface area contributed by atoms with Crippen molar-refractivity contribution in [2.45, 2.75) is 25.5 Å². The number of carbonyl (C=O) groups is 1. The third kappa shape index (κ3) is 7.08. The predicted molar refractivity (Wildman–Crippen MR) is 160 cm³/mol. The molecule has 4 aromatic rings. The fraction of sp³-hybridized carbons (Fsp3) is 0.281. The number of piperazine rings is 1. The minimum atomic E-state index is -1.43. The van der Waals surface area contributed by atoms with Crippen LogP contribution in [0.4, 0.5) is 11.8 Å². The summed E-state index contributed by atoms with van der Waals surface area (Å²) in [4.78, 5) is 25.3. The molecule has 10 heteroatoms. The zero-order valence-corrected chi connectivity index (χ0v) is 23.8. The molecule has 1 saturated heterocycles. The molecule has 1 aliphatic rings. The number of aliphatic carboxylic acids is 1. The average Bonchev–Trinajstić information content (AvgIpc) is 2.99. The summed E-state index contributed by atoms with van der Waals surface area (Å²) in [5.41, 5.74) is 6.56. The molecule has 2 heterocycles. The number of hydrogen-bond donors (Lipinski definition) is 2. The van der Waals surface area contributed by atoms with E-state index in [4.69, 9.17) is 19.9 Å². The Morgan fingerprint density at radius 3 is 2.31 bits per heavy atom. The fourth-order valence-electron chi connectivity index (χ4n) is 4.94. The second-order valence-corrected chi connectivity index (χ2v) is 10.4. The lowest BCUT2D eigenvalue weighted by Gasteiger charge is -2.35. The van der Waals surface area contributed by atoms with Gasteiger partial charge in [-0.25, -0.2) is 4.79 Å². The largest absolute Gasteiger partial charge is 0.496 e. The van der Waals surface area contributed by atoms with E-state index in [9.17, 15) is 9.90 Å². The molecule has 1 aromatic heterocycles. The van der Waals surface area contributed by atoms with E-state index >= 15 is 0 Å². The molecule has 5 rings (SSSR count). The zero-order chi connectivity index (χ0) is 29.5. The van der Waals surface area contributed by atoms with Crippen molar-refractivity contribution in [2.75, 3.05) is 43.9 Å². The topological polar surface area (TPSA) is 123 Å². The maximum Gasteiger partial charge on any atom is 0.348 e. The lowest BCUT2D eigenvalue weighted by molar-refractivity contribution is -0.153. The molecule has 1 atom stereocenters. The Bertz CT molecular complexity index is 1490. The molecule has 3 aromatic carbocycles. The normalized spacial score (nSPS) is 15.0. The average molecular weight is 570 g/mol. The highest BCUT2D eigenvalue weighted by Gasteiger charge is 2.36. The quantitative estimate of drug-likeness (QED) is 0.264. The predicted octanol–water partition coefficient (Wildman–Crippen LogP) is 4.65. The van der Waals surface area contributed by atoms with E-state index in [1.807, 2.05) is 36.4 Å². The van der Waals surface area contributed by atoms with Gasteiger partial charge in [0, 0.05) is 50.8 Å². The number of carboxylic acid groups (broad SMARTS) is 1. The van der Waals surface area contributed by atoms with Crippen LogP contribution in [0.15, 0.2) is 84.9 Å². The maximum atomic E-state index is 12.1. The molecule has 218 valence electrons. The lowest BCUT2D eigenvalue weighted by Crippen LogP contribution is -2.46. The Hall–Kier alpha value is -4.83. The van der Waals surface area contributed by atoms with E-state index < -0.39 is 11.6 Å². The van der Waals surface area contributed by atoms with Crippen LogP contribution in [0, 0.1) is 0 Å². The Morgan fingerprint density at radius 1 is 0.929 bits per heavy atom. The van der Waals surface area contributed by atoms with E-state index in [1.54, 1.807) is 56.5 Å². The Balaban J connectivity index is 1.20. The SMILES string of the molecule is COc1ccccc1CN1CCN(c2cc(Oc3ccc(CC(C)(Oc4ccccc4)C(=O)O)cc3)nc(N)n2)CC1. The van der Waals surface area contributed by atoms with Crippen LogP contribution in [-0.2, 0) is 17.8 Å². The number of para-hydroxylation sites is 2. The summed E-state index contributed by atoms with van der Waals surface area (Å²) in [5.74, 6) is 2.07. The van der Waals surface area contributed by atoms with Gasteiger partial charge in [0.15, 0.2) is 0 Å². The minimum Gasteiger partial charge on any atom is -0.496 e. The highest BCUT2D eigenvalue weighted by Crippen LogP contribution is 2.28. The smallest absolute Gasteiger partial charge is 0.348 e. The number of rotatable bonds is 11. The maximum absolute atomic E-state index is 12.1. The number of ether oxygens (including phenoxy) is 3. The number of anilines is 2. The third-order valence-corrected chi connectivity index (χ3v) is 7.22. The van der Waals surface area contributed by atoms with Gasteiger partial charge in [-0.1, -0.05) is 48.5 Å². The third-order valence-electron chi connectivity index (χ3n) is 7.22. The van der Waals surface area contributed by atoms with Crippen molar-refractivity contribution in [3.63, 3.8) is 0 Å². The molecular formula is C32H35N5O5. The van der Waals surface area contributed by atoms with E-state index in [-0.39, 0.29) is 12.4 Å². The van der Waals surface area contributed by atoms with E-state index in [2.05, 4.69) is 25.8 Å². The van der Waals surface area contributed by atoms with Gasteiger partial charge in [-0.15, -0.1) is 0 Å². The zero-order valence-electron chi connectivity index (χ0n) is 23.8. The van der Waals surface area contributed by atoms with Gasteiger partial charge in [-0.2, -0.15) is 9.97 Å². The van der Waals surface area contributed by atoms with Crippen molar-refractivity contribution in [1.82, 2.24) is 14.9 Å². The molecule has 0 bridgehead atoms. The van der Waals surface area contributed by atoms with E-state index in [0.717, 1.165) is 49.6 Å². The van der Waals surface area contributed by atoms with Crippen molar-refractivity contribution in [3.05, 3.63) is 96.1 Å². The van der Waals surface area contributed by atoms with Crippen molar-refractivity contribution < 1.29 is 24.1 Å². The van der Waals surface area contributed by atoms with Gasteiger partial charge in [0.05, 0.1) is 7.11 Å². The minimum absolute atomic E-state index is 0.130. The summed E-state index contributed by atoms with van der Waals surface area (Å²) in [6, 6.07) is 26.0. The number of carboxylic acids is 1. The molecular weight excluding hydrogens is 534 g/mol. The standard InChI is InChI=1S/C32H35N5O5/c1-32(30(38)39,42-26-9-4-3-5-10-26)21-23-12-14-25(15-13-23)41-29-20-28(34-31(33)35-29)37-18-16-36(17-19-37)22-24-8-6-7-11-27(24)40-2/h3-15,20H,16-19,21-22H2,1-2H3,(H,38,39)(H2,33,34,35). The van der Waals surface area contributed by atoms with Crippen molar-refractivity contribution in [3.8, 4) is 23.1 Å². The molecule has 1 aliphatic heterocycles. The van der Waals surface area contributed by atoms with Crippen LogP contribution in [0.25, 0.3) is 0 Å². The van der Waals surface area contributed by atoms with Gasteiger partial charge < -0.3 is 30.0 Å². The van der Waals surface area contributed by atoms with Gasteiger partial charge >= 0.3 is 5.97 Å². The van der Waals surface area contributed by atoms with Crippen LogP contribution in [0.1, 0.15) is 18.1 Å². The Kier molecular flexibility index (Phi) is 8.73. The highest BCUT2D eigenvalue weighted by atomic mass is 16.5. The summed E-state index contributed by atoms with van der Waals surface area (Å²) in [6.07, 6.45) is 0.172. The van der Waals surface area contributed by atoms with Crippen molar-refractivity contribution in [1.29, 1.82) is 0 Å². The van der Waals surface area contributed by atoms with Gasteiger partial charge in [0.2, 0.25) is 17.4 Å². The molecule has 3 N–H and O–H groups in total. The first-order chi connectivity index (χ1) is 20.3. The number of nitrogen functional groups attached to an aromatic ring is 1. The first kappa shape index (κ1) is 28.7. The number of methoxy groups -OCH3 is 1. The molecule has 0 saturated carbocycles. The Morgan fingerprint density at radius 2 is 1.62 bits per heavy atom. The molecule has 0 radical (unpaired) electrons. The number of nitrogens with zero attached hydrogens (tertiary/aromatic N) is 4. The van der Waals surface area contributed by atoms with Crippen LogP contribution in [0.5, 0.6) is 23.1 Å². The molecule has 10 nitrogen and oxygen atoms in total. The molecule has 1 fully saturated rings. The summed E-state index contributed by atoms with van der Waals surface area (Å²) >= 11 is 0. The lowest BCUT2D eigenvalue weighted by atomic mass is 9.96. The van der Waals surface area contributed by atoms with Crippen molar-refractivity contribution >= 4 is 17.7 Å². The fourth-order valence-corrected chi connectivity index (χ4v) is 4.94. The van der Waals surface area contributed by atoms with Crippen LogP contribution >= 0.6 is 0 Å². The first-order valence-corrected chi connectivity index (χ1v) is 13.8. The van der Waals surface area contributed by atoms with Gasteiger partial charge in [-0.05, 0) is 42.8 Å². The van der Waals surface area contributed by atoms with Crippen LogP contribution in [0.3, 0.4) is 0 Å². The summed E-state index contributed by atoms with van der Waals surface area (Å²) in [7, 11) is 1.70. The molecule has 0 aliphatic carbocycles.